The topological polar surface area (TPSA) is 6.48 Å². The number of halogens is 1. The van der Waals surface area contributed by atoms with Gasteiger partial charge in [0.25, 0.3) is 6.71 Å². The Morgan fingerprint density at radius 2 is 1.04 bits per heavy atom. The Labute approximate surface area is 303 Å². The second-order valence-corrected chi connectivity index (χ2v) is 20.9. The first-order valence-corrected chi connectivity index (χ1v) is 20.8. The summed E-state index contributed by atoms with van der Waals surface area (Å²) in [5.41, 5.74) is 15.0. The van der Waals surface area contributed by atoms with E-state index in [2.05, 4.69) is 162 Å². The minimum Gasteiger partial charge on any atom is -0.311 e. The van der Waals surface area contributed by atoms with Gasteiger partial charge in [0.05, 0.1) is 0 Å². The summed E-state index contributed by atoms with van der Waals surface area (Å²) >= 11 is 0. The Kier molecular flexibility index (Phi) is 6.80. The average molecular weight is 683 g/mol. The lowest BCUT2D eigenvalue weighted by atomic mass is 9.33. The highest BCUT2D eigenvalue weighted by molar-refractivity contribution is 7.21. The Morgan fingerprint density at radius 1 is 0.529 bits per heavy atom. The first kappa shape index (κ1) is 32.1. The van der Waals surface area contributed by atoms with Gasteiger partial charge < -0.3 is 9.80 Å². The van der Waals surface area contributed by atoms with Crippen molar-refractivity contribution in [2.75, 3.05) is 9.80 Å². The zero-order valence-corrected chi connectivity index (χ0v) is 31.9. The van der Waals surface area contributed by atoms with Crippen LogP contribution in [-0.2, 0) is 10.8 Å². The van der Waals surface area contributed by atoms with E-state index in [1.807, 2.05) is 12.1 Å². The molecule has 3 heterocycles. The third-order valence-corrected chi connectivity index (χ3v) is 16.2. The zero-order valence-electron chi connectivity index (χ0n) is 30.9. The molecular weight excluding hydrogens is 638 g/mol. The fraction of sp³-hybridized carbons (Fsp3) is 0.217. The molecule has 0 radical (unpaired) electrons. The van der Waals surface area contributed by atoms with Crippen molar-refractivity contribution in [1.29, 1.82) is 0 Å². The molecule has 6 aromatic carbocycles. The van der Waals surface area contributed by atoms with Gasteiger partial charge in [0.15, 0.2) is 0 Å². The van der Waals surface area contributed by atoms with Crippen LogP contribution in [0.4, 0.5) is 38.5 Å². The van der Waals surface area contributed by atoms with Crippen molar-refractivity contribution in [2.24, 2.45) is 0 Å². The van der Waals surface area contributed by atoms with Gasteiger partial charge in [-0.05, 0) is 117 Å². The second-order valence-electron chi connectivity index (χ2n) is 17.0. The van der Waals surface area contributed by atoms with Gasteiger partial charge in [0.1, 0.15) is 13.9 Å². The fourth-order valence-electron chi connectivity index (χ4n) is 9.07. The molecule has 3 aliphatic heterocycles. The van der Waals surface area contributed by atoms with E-state index in [1.165, 1.54) is 77.1 Å². The highest BCUT2D eigenvalue weighted by Crippen LogP contribution is 2.46. The number of aryl methyl sites for hydroxylation is 1. The molecule has 0 fully saturated rings. The molecule has 0 N–H and O–H groups in total. The summed E-state index contributed by atoms with van der Waals surface area (Å²) in [4.78, 5) is 4.98. The Hall–Kier alpha value is -4.87. The van der Waals surface area contributed by atoms with Gasteiger partial charge in [0.2, 0.25) is 0 Å². The van der Waals surface area contributed by atoms with Crippen molar-refractivity contribution in [3.8, 4) is 0 Å². The Balaban J connectivity index is 1.45. The fourth-order valence-corrected chi connectivity index (χ4v) is 13.3. The SMILES string of the molecule is Cc1cc2c3c(c1)N(c1cc(C(C)(C)C)cc(C(C)(C)C)c1)c1cccc4c1B3c1c(cccc1[Si]4(C)c1ccccc1)N2c1ccc(F)cc1. The highest BCUT2D eigenvalue weighted by atomic mass is 28.3. The maximum absolute atomic E-state index is 14.5. The van der Waals surface area contributed by atoms with Crippen molar-refractivity contribution < 1.29 is 4.39 Å². The molecule has 0 aliphatic carbocycles. The van der Waals surface area contributed by atoms with Crippen LogP contribution in [0.15, 0.2) is 121 Å². The van der Waals surface area contributed by atoms with Crippen LogP contribution in [0.3, 0.4) is 0 Å². The maximum Gasteiger partial charge on any atom is 0.251 e. The first-order chi connectivity index (χ1) is 24.3. The lowest BCUT2D eigenvalue weighted by molar-refractivity contribution is 0.569. The number of nitrogens with zero attached hydrogens (tertiary/aromatic N) is 2. The van der Waals surface area contributed by atoms with Crippen molar-refractivity contribution >= 4 is 80.9 Å². The standard InChI is InChI=1S/C46H44BFN2Si/c1-29-24-38-42-39(25-29)50(34-27-30(45(2,3)4)26-31(28-34)46(5,6)7)37-17-13-19-41-44(37)47(42)43-36(49(38)33-22-20-32(48)21-23-33)16-12-18-40(43)51(41,8)35-14-10-9-11-15-35/h9-28H,1-8H3. The summed E-state index contributed by atoms with van der Waals surface area (Å²) in [5, 5.41) is 4.36. The van der Waals surface area contributed by atoms with Gasteiger partial charge in [-0.1, -0.05) is 119 Å². The predicted octanol–water partition coefficient (Wildman–Crippen LogP) is 8.23. The monoisotopic (exact) mass is 682 g/mol. The van der Waals surface area contributed by atoms with Crippen LogP contribution in [0, 0.1) is 12.7 Å². The summed E-state index contributed by atoms with van der Waals surface area (Å²) in [6.07, 6.45) is 0. The number of hydrogen-bond acceptors (Lipinski definition) is 2. The molecule has 5 heteroatoms. The highest BCUT2D eigenvalue weighted by Gasteiger charge is 2.53. The average Bonchev–Trinajstić information content (AvgIpc) is 3.10. The molecule has 0 aromatic heterocycles. The molecule has 51 heavy (non-hydrogen) atoms. The quantitative estimate of drug-likeness (QED) is 0.173. The minimum atomic E-state index is -2.51. The van der Waals surface area contributed by atoms with E-state index in [0.717, 1.165) is 5.69 Å². The van der Waals surface area contributed by atoms with Crippen molar-refractivity contribution in [3.63, 3.8) is 0 Å². The lowest BCUT2D eigenvalue weighted by Gasteiger charge is -2.50. The van der Waals surface area contributed by atoms with Crippen molar-refractivity contribution in [1.82, 2.24) is 0 Å². The maximum atomic E-state index is 14.5. The van der Waals surface area contributed by atoms with E-state index in [0.29, 0.717) is 0 Å². The third kappa shape index (κ3) is 4.60. The third-order valence-electron chi connectivity index (χ3n) is 11.7. The molecule has 0 amide bonds. The molecule has 0 saturated carbocycles. The predicted molar refractivity (Wildman–Crippen MR) is 220 cm³/mol. The number of rotatable bonds is 3. The van der Waals surface area contributed by atoms with Crippen LogP contribution in [0.25, 0.3) is 0 Å². The first-order valence-electron chi connectivity index (χ1n) is 18.3. The molecule has 3 aliphatic rings. The van der Waals surface area contributed by atoms with Crippen LogP contribution in [-0.4, -0.2) is 14.8 Å². The van der Waals surface area contributed by atoms with Crippen LogP contribution in [0.5, 0.6) is 0 Å². The van der Waals surface area contributed by atoms with Gasteiger partial charge in [-0.3, -0.25) is 0 Å². The van der Waals surface area contributed by atoms with E-state index in [9.17, 15) is 4.39 Å². The molecular formula is C46H44BFN2Si. The van der Waals surface area contributed by atoms with E-state index in [4.69, 9.17) is 0 Å². The number of anilines is 6. The number of hydrogen-bond donors (Lipinski definition) is 0. The summed E-state index contributed by atoms with van der Waals surface area (Å²) in [5.74, 6) is -0.225. The zero-order chi connectivity index (χ0) is 35.6. The van der Waals surface area contributed by atoms with Crippen LogP contribution in [0.2, 0.25) is 6.55 Å². The largest absolute Gasteiger partial charge is 0.311 e. The van der Waals surface area contributed by atoms with E-state index in [-0.39, 0.29) is 23.4 Å². The normalized spacial score (nSPS) is 17.1. The molecule has 1 unspecified atom stereocenters. The van der Waals surface area contributed by atoms with E-state index >= 15 is 0 Å². The van der Waals surface area contributed by atoms with E-state index in [1.54, 1.807) is 12.1 Å². The molecule has 6 aromatic rings. The van der Waals surface area contributed by atoms with Gasteiger partial charge in [-0.25, -0.2) is 4.39 Å². The Bertz CT molecular complexity index is 2360. The van der Waals surface area contributed by atoms with Gasteiger partial charge in [0, 0.05) is 34.1 Å². The molecule has 2 nitrogen and oxygen atoms in total. The molecule has 9 rings (SSSR count). The lowest BCUT2D eigenvalue weighted by Crippen LogP contribution is -2.83. The van der Waals surface area contributed by atoms with Crippen molar-refractivity contribution in [3.05, 3.63) is 144 Å². The van der Waals surface area contributed by atoms with Gasteiger partial charge in [-0.2, -0.15) is 0 Å². The minimum absolute atomic E-state index is 0.0253. The Morgan fingerprint density at radius 3 is 1.55 bits per heavy atom. The van der Waals surface area contributed by atoms with Crippen LogP contribution >= 0.6 is 0 Å². The molecule has 0 saturated heterocycles. The second kappa shape index (κ2) is 10.8. The van der Waals surface area contributed by atoms with Crippen LogP contribution < -0.4 is 41.7 Å². The number of benzene rings is 6. The summed E-state index contributed by atoms with van der Waals surface area (Å²) in [6.45, 7) is 18.8. The summed E-state index contributed by atoms with van der Waals surface area (Å²) in [6, 6.07) is 44.3. The van der Waals surface area contributed by atoms with Crippen LogP contribution in [0.1, 0.15) is 58.2 Å². The molecule has 1 atom stereocenters. The summed E-state index contributed by atoms with van der Waals surface area (Å²) in [7, 11) is -2.51. The van der Waals surface area contributed by atoms with Crippen molar-refractivity contribution in [2.45, 2.75) is 65.8 Å². The van der Waals surface area contributed by atoms with Gasteiger partial charge >= 0.3 is 0 Å². The van der Waals surface area contributed by atoms with E-state index < -0.39 is 8.07 Å². The molecule has 0 spiro atoms. The summed E-state index contributed by atoms with van der Waals surface area (Å²) < 4.78 is 14.5. The smallest absolute Gasteiger partial charge is 0.251 e. The van der Waals surface area contributed by atoms with Gasteiger partial charge in [-0.15, -0.1) is 0 Å². The molecule has 0 bridgehead atoms. The molecule has 252 valence electrons.